The van der Waals surface area contributed by atoms with E-state index in [0.717, 1.165) is 0 Å². The van der Waals surface area contributed by atoms with E-state index in [2.05, 4.69) is 0 Å². The van der Waals surface area contributed by atoms with Gasteiger partial charge in [0.1, 0.15) is 11.5 Å². The van der Waals surface area contributed by atoms with Crippen LogP contribution in [-0.4, -0.2) is 45.8 Å². The number of aliphatic hydroxyl groups excluding tert-OH is 1. The number of aromatic hydroxyl groups is 2. The summed E-state index contributed by atoms with van der Waals surface area (Å²) in [5, 5.41) is 27.9. The monoisotopic (exact) mass is 239 g/mol. The van der Waals surface area contributed by atoms with E-state index >= 15 is 0 Å². The molecule has 1 aromatic carbocycles. The molecule has 1 atom stereocenters. The smallest absolute Gasteiger partial charge is 0.257 e. The van der Waals surface area contributed by atoms with Gasteiger partial charge in [0.25, 0.3) is 5.91 Å². The van der Waals surface area contributed by atoms with Crippen molar-refractivity contribution in [1.29, 1.82) is 0 Å². The Bertz CT molecular complexity index is 403. The fraction of sp³-hybridized carbons (Fsp3) is 0.417. The maximum absolute atomic E-state index is 11.9. The number of nitrogens with zero attached hydrogens (tertiary/aromatic N) is 1. The third kappa shape index (κ3) is 3.64. The Morgan fingerprint density at radius 3 is 2.65 bits per heavy atom. The molecule has 5 heteroatoms. The Balaban J connectivity index is 2.78. The number of carbonyl (C=O) groups excluding carboxylic acids is 1. The highest BCUT2D eigenvalue weighted by molar-refractivity contribution is 5.97. The molecule has 1 aromatic rings. The summed E-state index contributed by atoms with van der Waals surface area (Å²) < 4.78 is 0. The first kappa shape index (κ1) is 13.3. The standard InChI is InChI=1S/C12H17NO4/c1-8(14)5-6-13(2)12(17)10-7-9(15)3-4-11(10)16/h3-4,7-8,14-16H,5-6H2,1-2H3. The van der Waals surface area contributed by atoms with Gasteiger partial charge in [-0.05, 0) is 31.5 Å². The topological polar surface area (TPSA) is 81.0 Å². The zero-order chi connectivity index (χ0) is 13.0. The van der Waals surface area contributed by atoms with Gasteiger partial charge >= 0.3 is 0 Å². The molecule has 1 unspecified atom stereocenters. The van der Waals surface area contributed by atoms with Crippen molar-refractivity contribution in [3.63, 3.8) is 0 Å². The number of amides is 1. The second-order valence-electron chi connectivity index (χ2n) is 4.07. The van der Waals surface area contributed by atoms with Crippen LogP contribution in [0.3, 0.4) is 0 Å². The average Bonchev–Trinajstić information content (AvgIpc) is 2.28. The zero-order valence-corrected chi connectivity index (χ0v) is 9.92. The largest absolute Gasteiger partial charge is 0.508 e. The van der Waals surface area contributed by atoms with E-state index in [1.165, 1.54) is 23.1 Å². The van der Waals surface area contributed by atoms with E-state index in [0.29, 0.717) is 13.0 Å². The van der Waals surface area contributed by atoms with Crippen LogP contribution in [-0.2, 0) is 0 Å². The Morgan fingerprint density at radius 1 is 1.41 bits per heavy atom. The predicted octanol–water partition coefficient (Wildman–Crippen LogP) is 0.941. The third-order valence-electron chi connectivity index (χ3n) is 2.44. The summed E-state index contributed by atoms with van der Waals surface area (Å²) in [4.78, 5) is 13.3. The molecule has 0 spiro atoms. The highest BCUT2D eigenvalue weighted by Gasteiger charge is 2.16. The van der Waals surface area contributed by atoms with E-state index in [4.69, 9.17) is 5.11 Å². The number of aliphatic hydroxyl groups is 1. The summed E-state index contributed by atoms with van der Waals surface area (Å²) in [5.74, 6) is -0.633. The van der Waals surface area contributed by atoms with Gasteiger partial charge in [0.15, 0.2) is 0 Å². The number of phenolic OH excluding ortho intramolecular Hbond substituents is 2. The van der Waals surface area contributed by atoms with Crippen LogP contribution in [0.5, 0.6) is 11.5 Å². The lowest BCUT2D eigenvalue weighted by molar-refractivity contribution is 0.0765. The molecule has 0 aliphatic rings. The van der Waals surface area contributed by atoms with Crippen molar-refractivity contribution in [2.24, 2.45) is 0 Å². The summed E-state index contributed by atoms with van der Waals surface area (Å²) in [6.45, 7) is 2.02. The fourth-order valence-corrected chi connectivity index (χ4v) is 1.38. The first-order chi connectivity index (χ1) is 7.91. The van der Waals surface area contributed by atoms with E-state index in [1.54, 1.807) is 14.0 Å². The van der Waals surface area contributed by atoms with E-state index in [1.807, 2.05) is 0 Å². The van der Waals surface area contributed by atoms with Crippen molar-refractivity contribution in [3.05, 3.63) is 23.8 Å². The first-order valence-corrected chi connectivity index (χ1v) is 5.37. The third-order valence-corrected chi connectivity index (χ3v) is 2.44. The van der Waals surface area contributed by atoms with Gasteiger partial charge in [-0.2, -0.15) is 0 Å². The minimum absolute atomic E-state index is 0.0538. The van der Waals surface area contributed by atoms with Crippen LogP contribution in [0, 0.1) is 0 Å². The Morgan fingerprint density at radius 2 is 2.06 bits per heavy atom. The van der Waals surface area contributed by atoms with Crippen LogP contribution in [0.15, 0.2) is 18.2 Å². The van der Waals surface area contributed by atoms with Crippen molar-refractivity contribution in [1.82, 2.24) is 4.90 Å². The molecule has 0 heterocycles. The molecule has 17 heavy (non-hydrogen) atoms. The number of hydrogen-bond donors (Lipinski definition) is 3. The molecule has 0 aliphatic carbocycles. The van der Waals surface area contributed by atoms with Crippen LogP contribution in [0.1, 0.15) is 23.7 Å². The molecule has 0 aromatic heterocycles. The number of rotatable bonds is 4. The first-order valence-electron chi connectivity index (χ1n) is 5.37. The fourth-order valence-electron chi connectivity index (χ4n) is 1.38. The molecule has 1 rings (SSSR count). The lowest BCUT2D eigenvalue weighted by atomic mass is 10.1. The number of benzene rings is 1. The van der Waals surface area contributed by atoms with E-state index < -0.39 is 6.10 Å². The van der Waals surface area contributed by atoms with Crippen molar-refractivity contribution in [2.45, 2.75) is 19.4 Å². The zero-order valence-electron chi connectivity index (χ0n) is 9.92. The number of phenols is 2. The molecule has 0 aliphatic heterocycles. The van der Waals surface area contributed by atoms with Crippen molar-refractivity contribution in [3.8, 4) is 11.5 Å². The Labute approximate surface area is 99.9 Å². The molecule has 0 radical (unpaired) electrons. The summed E-state index contributed by atoms with van der Waals surface area (Å²) >= 11 is 0. The van der Waals surface area contributed by atoms with Gasteiger partial charge < -0.3 is 20.2 Å². The van der Waals surface area contributed by atoms with Gasteiger partial charge in [-0.15, -0.1) is 0 Å². The highest BCUT2D eigenvalue weighted by Crippen LogP contribution is 2.23. The van der Waals surface area contributed by atoms with Crippen molar-refractivity contribution < 1.29 is 20.1 Å². The maximum atomic E-state index is 11.9. The molecule has 94 valence electrons. The van der Waals surface area contributed by atoms with Gasteiger partial charge in [0.2, 0.25) is 0 Å². The van der Waals surface area contributed by atoms with Crippen molar-refractivity contribution in [2.75, 3.05) is 13.6 Å². The summed E-state index contributed by atoms with van der Waals surface area (Å²) in [6, 6.07) is 3.80. The second kappa shape index (κ2) is 5.54. The predicted molar refractivity (Wildman–Crippen MR) is 63.0 cm³/mol. The highest BCUT2D eigenvalue weighted by atomic mass is 16.3. The van der Waals surface area contributed by atoms with Gasteiger partial charge in [0, 0.05) is 13.6 Å². The molecule has 0 saturated carbocycles. The molecule has 1 amide bonds. The maximum Gasteiger partial charge on any atom is 0.257 e. The Kier molecular flexibility index (Phi) is 4.34. The van der Waals surface area contributed by atoms with E-state index in [-0.39, 0.29) is 23.0 Å². The molecular weight excluding hydrogens is 222 g/mol. The van der Waals surface area contributed by atoms with Gasteiger partial charge in [-0.25, -0.2) is 0 Å². The lowest BCUT2D eigenvalue weighted by Crippen LogP contribution is -2.29. The quantitative estimate of drug-likeness (QED) is 0.683. The molecule has 3 N–H and O–H groups in total. The van der Waals surface area contributed by atoms with Crippen LogP contribution >= 0.6 is 0 Å². The second-order valence-corrected chi connectivity index (χ2v) is 4.07. The number of carbonyl (C=O) groups is 1. The van der Waals surface area contributed by atoms with Crippen LogP contribution in [0.2, 0.25) is 0 Å². The van der Waals surface area contributed by atoms with Gasteiger partial charge in [-0.3, -0.25) is 4.79 Å². The number of hydrogen-bond acceptors (Lipinski definition) is 4. The normalized spacial score (nSPS) is 12.2. The minimum Gasteiger partial charge on any atom is -0.508 e. The summed E-state index contributed by atoms with van der Waals surface area (Å²) in [5.41, 5.74) is 0.0538. The molecule has 5 nitrogen and oxygen atoms in total. The molecular formula is C12H17NO4. The van der Waals surface area contributed by atoms with Crippen LogP contribution < -0.4 is 0 Å². The van der Waals surface area contributed by atoms with Crippen LogP contribution in [0.4, 0.5) is 0 Å². The summed E-state index contributed by atoms with van der Waals surface area (Å²) in [6.07, 6.45) is -0.0232. The van der Waals surface area contributed by atoms with Gasteiger partial charge in [0.05, 0.1) is 11.7 Å². The SMILES string of the molecule is CC(O)CCN(C)C(=O)c1cc(O)ccc1O. The molecule has 0 fully saturated rings. The van der Waals surface area contributed by atoms with Crippen molar-refractivity contribution >= 4 is 5.91 Å². The minimum atomic E-state index is -0.483. The summed E-state index contributed by atoms with van der Waals surface area (Å²) in [7, 11) is 1.58. The van der Waals surface area contributed by atoms with Gasteiger partial charge in [-0.1, -0.05) is 0 Å². The van der Waals surface area contributed by atoms with E-state index in [9.17, 15) is 15.0 Å². The molecule has 0 saturated heterocycles. The Hall–Kier alpha value is -1.75. The molecule has 0 bridgehead atoms. The lowest BCUT2D eigenvalue weighted by Gasteiger charge is -2.18. The average molecular weight is 239 g/mol. The van der Waals surface area contributed by atoms with Crippen LogP contribution in [0.25, 0.3) is 0 Å².